The van der Waals surface area contributed by atoms with Gasteiger partial charge < -0.3 is 28.7 Å². The molecule has 4 aliphatic heterocycles. The van der Waals surface area contributed by atoms with Gasteiger partial charge in [-0.1, -0.05) is 109 Å². The Bertz CT molecular complexity index is 2940. The summed E-state index contributed by atoms with van der Waals surface area (Å²) in [7, 11) is 0. The van der Waals surface area contributed by atoms with Crippen LogP contribution in [-0.2, 0) is 0 Å². The number of ether oxygens (including phenoxy) is 4. The van der Waals surface area contributed by atoms with Gasteiger partial charge in [0.15, 0.2) is 23.0 Å². The average Bonchev–Trinajstić information content (AvgIpc) is 3.32. The lowest BCUT2D eigenvalue weighted by Gasteiger charge is -2.35. The third-order valence-corrected chi connectivity index (χ3v) is 12.2. The van der Waals surface area contributed by atoms with E-state index >= 15 is 0 Å². The molecule has 286 valence electrons. The van der Waals surface area contributed by atoms with E-state index in [1.54, 1.807) is 0 Å². The molecule has 0 bridgehead atoms. The predicted molar refractivity (Wildman–Crippen MR) is 245 cm³/mol. The first-order valence-electron chi connectivity index (χ1n) is 20.5. The molecular weight excluding hydrogens is 751 g/mol. The Kier molecular flexibility index (Phi) is 7.30. The van der Waals surface area contributed by atoms with Gasteiger partial charge in [-0.3, -0.25) is 0 Å². The second kappa shape index (κ2) is 13.2. The fourth-order valence-electron chi connectivity index (χ4n) is 9.45. The first-order valence-corrected chi connectivity index (χ1v) is 20.5. The van der Waals surface area contributed by atoms with Gasteiger partial charge in [0.25, 0.3) is 6.71 Å². The predicted octanol–water partition coefficient (Wildman–Crippen LogP) is 12.9. The van der Waals surface area contributed by atoms with Crippen molar-refractivity contribution in [3.8, 4) is 68.2 Å². The number of hydrogen-bond acceptors (Lipinski definition) is 6. The lowest BCUT2D eigenvalue weighted by atomic mass is 9.34. The fraction of sp³-hybridized carbons (Fsp3) is 0. The average molecular weight is 785 g/mol. The van der Waals surface area contributed by atoms with Crippen LogP contribution in [0, 0.1) is 0 Å². The van der Waals surface area contributed by atoms with Gasteiger partial charge in [-0.25, -0.2) is 0 Å². The van der Waals surface area contributed by atoms with Gasteiger partial charge in [-0.05, 0) is 113 Å². The highest BCUT2D eigenvalue weighted by Crippen LogP contribution is 2.53. The van der Waals surface area contributed by atoms with Crippen molar-refractivity contribution >= 4 is 57.2 Å². The SMILES string of the molecule is c1ccc2c(c1)Oc1c(-c3ccc(N4c5ccccc5Oc5ccccc54)cc3)cc(-c3ccc(N4c5ccccc5Oc5ccccc54)cc3)c3c1B2c1ccccc1O3. The van der Waals surface area contributed by atoms with E-state index in [4.69, 9.17) is 18.9 Å². The zero-order chi connectivity index (χ0) is 40.0. The van der Waals surface area contributed by atoms with Crippen LogP contribution in [-0.4, -0.2) is 6.71 Å². The number of anilines is 6. The van der Waals surface area contributed by atoms with Crippen molar-refractivity contribution in [3.05, 3.63) is 200 Å². The summed E-state index contributed by atoms with van der Waals surface area (Å²) < 4.78 is 26.6. The molecule has 6 nitrogen and oxygen atoms in total. The van der Waals surface area contributed by atoms with E-state index in [1.807, 2.05) is 84.9 Å². The van der Waals surface area contributed by atoms with Crippen LogP contribution in [0.3, 0.4) is 0 Å². The maximum Gasteiger partial charge on any atom is 0.260 e. The third kappa shape index (κ3) is 5.17. The Morgan fingerprint density at radius 1 is 0.311 bits per heavy atom. The van der Waals surface area contributed by atoms with E-state index in [0.29, 0.717) is 0 Å². The molecule has 0 radical (unpaired) electrons. The number of nitrogens with zero attached hydrogens (tertiary/aromatic N) is 2. The highest BCUT2D eigenvalue weighted by atomic mass is 16.5. The van der Waals surface area contributed by atoms with Crippen LogP contribution in [0.25, 0.3) is 22.3 Å². The maximum atomic E-state index is 6.99. The molecule has 0 N–H and O–H groups in total. The van der Waals surface area contributed by atoms with Crippen LogP contribution in [0.1, 0.15) is 0 Å². The van der Waals surface area contributed by atoms with Crippen molar-refractivity contribution in [3.63, 3.8) is 0 Å². The zero-order valence-electron chi connectivity index (χ0n) is 32.7. The Balaban J connectivity index is 0.983. The van der Waals surface area contributed by atoms with Gasteiger partial charge in [0.2, 0.25) is 0 Å². The summed E-state index contributed by atoms with van der Waals surface area (Å²) >= 11 is 0. The quantitative estimate of drug-likeness (QED) is 0.166. The first kappa shape index (κ1) is 33.8. The maximum absolute atomic E-state index is 6.99. The van der Waals surface area contributed by atoms with Gasteiger partial charge in [-0.15, -0.1) is 0 Å². The number of para-hydroxylation sites is 10. The lowest BCUT2D eigenvalue weighted by molar-refractivity contribution is 0.467. The molecule has 0 spiro atoms. The minimum atomic E-state index is -0.0835. The van der Waals surface area contributed by atoms with Crippen LogP contribution >= 0.6 is 0 Å². The summed E-state index contributed by atoms with van der Waals surface area (Å²) in [6.45, 7) is -0.0835. The molecule has 4 aliphatic rings. The van der Waals surface area contributed by atoms with Crippen molar-refractivity contribution in [2.75, 3.05) is 9.80 Å². The van der Waals surface area contributed by atoms with Crippen LogP contribution in [0.4, 0.5) is 34.1 Å². The van der Waals surface area contributed by atoms with Crippen LogP contribution < -0.4 is 45.1 Å². The van der Waals surface area contributed by atoms with Gasteiger partial charge in [0.1, 0.15) is 23.0 Å². The summed E-state index contributed by atoms with van der Waals surface area (Å²) in [6, 6.07) is 69.3. The van der Waals surface area contributed by atoms with E-state index in [2.05, 4.69) is 125 Å². The molecule has 0 aliphatic carbocycles. The van der Waals surface area contributed by atoms with Gasteiger partial charge in [-0.2, -0.15) is 0 Å². The van der Waals surface area contributed by atoms with Gasteiger partial charge >= 0.3 is 0 Å². The zero-order valence-corrected chi connectivity index (χ0v) is 32.7. The van der Waals surface area contributed by atoms with Crippen molar-refractivity contribution in [2.45, 2.75) is 0 Å². The number of rotatable bonds is 4. The molecule has 61 heavy (non-hydrogen) atoms. The van der Waals surface area contributed by atoms with E-state index in [0.717, 1.165) is 119 Å². The first-order chi connectivity index (χ1) is 30.2. The molecule has 0 atom stereocenters. The molecule has 13 rings (SSSR count). The summed E-state index contributed by atoms with van der Waals surface area (Å²) in [5.41, 5.74) is 13.4. The molecule has 0 saturated carbocycles. The molecule has 0 saturated heterocycles. The standard InChI is InChI=1S/C54H33BN2O4/c1-7-19-46-40(13-1)55-41-14-2-8-20-47(41)61-54-39(35-27-31-37(32-28-35)57-44-17-5-11-23-50(44)59-51-24-12-6-18-45(51)57)33-38(53(60-46)52(54)55)34-25-29-36(30-26-34)56-42-15-3-9-21-48(42)58-49-22-10-4-16-43(49)56/h1-33H. The monoisotopic (exact) mass is 784 g/mol. The second-order valence-electron chi connectivity index (χ2n) is 15.6. The smallest absolute Gasteiger partial charge is 0.260 e. The number of benzene rings is 9. The molecular formula is C54H33BN2O4. The van der Waals surface area contributed by atoms with Crippen molar-refractivity contribution in [1.29, 1.82) is 0 Å². The van der Waals surface area contributed by atoms with Gasteiger partial charge in [0.05, 0.1) is 22.7 Å². The van der Waals surface area contributed by atoms with E-state index in [9.17, 15) is 0 Å². The van der Waals surface area contributed by atoms with Crippen molar-refractivity contribution < 1.29 is 18.9 Å². The summed E-state index contributed by atoms with van der Waals surface area (Å²) in [6.07, 6.45) is 0. The summed E-state index contributed by atoms with van der Waals surface area (Å²) in [4.78, 5) is 4.53. The van der Waals surface area contributed by atoms with Crippen LogP contribution in [0.5, 0.6) is 46.0 Å². The summed E-state index contributed by atoms with van der Waals surface area (Å²) in [5.74, 6) is 6.60. The fourth-order valence-corrected chi connectivity index (χ4v) is 9.45. The Morgan fingerprint density at radius 2 is 0.639 bits per heavy atom. The minimum absolute atomic E-state index is 0.0835. The lowest BCUT2D eigenvalue weighted by Crippen LogP contribution is -2.57. The van der Waals surface area contributed by atoms with Crippen LogP contribution in [0.15, 0.2) is 200 Å². The Morgan fingerprint density at radius 3 is 1.02 bits per heavy atom. The third-order valence-electron chi connectivity index (χ3n) is 12.2. The minimum Gasteiger partial charge on any atom is -0.458 e. The molecule has 4 heterocycles. The molecule has 0 unspecified atom stereocenters. The van der Waals surface area contributed by atoms with Crippen molar-refractivity contribution in [2.24, 2.45) is 0 Å². The van der Waals surface area contributed by atoms with Crippen molar-refractivity contribution in [1.82, 2.24) is 0 Å². The number of hydrogen-bond donors (Lipinski definition) is 0. The molecule has 9 aromatic carbocycles. The van der Waals surface area contributed by atoms with Crippen LogP contribution in [0.2, 0.25) is 0 Å². The van der Waals surface area contributed by atoms with E-state index in [1.165, 1.54) is 0 Å². The topological polar surface area (TPSA) is 43.4 Å². The molecule has 0 amide bonds. The highest BCUT2D eigenvalue weighted by molar-refractivity contribution is 6.98. The normalized spacial score (nSPS) is 13.3. The Labute approximate surface area is 353 Å². The molecule has 0 fully saturated rings. The Hall–Kier alpha value is -8.16. The molecule has 0 aromatic heterocycles. The molecule has 7 heteroatoms. The largest absolute Gasteiger partial charge is 0.458 e. The molecule has 9 aromatic rings. The second-order valence-corrected chi connectivity index (χ2v) is 15.6. The van der Waals surface area contributed by atoms with E-state index in [-0.39, 0.29) is 6.71 Å². The van der Waals surface area contributed by atoms with Gasteiger partial charge in [0, 0.05) is 28.0 Å². The summed E-state index contributed by atoms with van der Waals surface area (Å²) in [5, 5.41) is 0. The number of fused-ring (bicyclic) bond motifs is 8. The van der Waals surface area contributed by atoms with E-state index < -0.39 is 0 Å². The highest BCUT2D eigenvalue weighted by Gasteiger charge is 2.42.